The molecule has 0 unspecified atom stereocenters. The van der Waals surface area contributed by atoms with E-state index in [1.165, 1.54) is 33.4 Å². The van der Waals surface area contributed by atoms with Crippen LogP contribution in [0.5, 0.6) is 0 Å². The Balaban J connectivity index is 1.90. The largest absolute Gasteiger partial charge is 0.289 e. The maximum atomic E-state index is 12.8. The molecule has 0 saturated heterocycles. The fourth-order valence-electron chi connectivity index (χ4n) is 3.83. The minimum Gasteiger partial charge on any atom is -0.289 e. The van der Waals surface area contributed by atoms with E-state index in [2.05, 4.69) is 38.1 Å². The van der Waals surface area contributed by atoms with Crippen molar-refractivity contribution in [3.8, 4) is 0 Å². The van der Waals surface area contributed by atoms with E-state index in [9.17, 15) is 4.79 Å². The monoisotopic (exact) mass is 274 g/mol. The van der Waals surface area contributed by atoms with Crippen molar-refractivity contribution in [2.45, 2.75) is 33.1 Å². The lowest BCUT2D eigenvalue weighted by atomic mass is 9.97. The third-order valence-corrected chi connectivity index (χ3v) is 5.01. The first kappa shape index (κ1) is 12.6. The van der Waals surface area contributed by atoms with E-state index >= 15 is 0 Å². The van der Waals surface area contributed by atoms with E-state index in [0.29, 0.717) is 0 Å². The number of hydrogen-bond acceptors (Lipinski definition) is 1. The summed E-state index contributed by atoms with van der Waals surface area (Å²) in [5.74, 6) is 0.248. The quantitative estimate of drug-likeness (QED) is 0.649. The average Bonchev–Trinajstić information content (AvgIpc) is 3.03. The van der Waals surface area contributed by atoms with Crippen molar-refractivity contribution in [3.05, 3.63) is 75.4 Å². The first-order valence-corrected chi connectivity index (χ1v) is 7.61. The molecule has 2 aromatic carbocycles. The van der Waals surface area contributed by atoms with Crippen LogP contribution >= 0.6 is 0 Å². The number of aryl methyl sites for hydroxylation is 2. The van der Waals surface area contributed by atoms with Crippen molar-refractivity contribution >= 4 is 11.4 Å². The molecule has 0 aromatic heterocycles. The van der Waals surface area contributed by atoms with Gasteiger partial charge in [0.25, 0.3) is 0 Å². The number of rotatable bonds is 0. The van der Waals surface area contributed by atoms with Gasteiger partial charge < -0.3 is 0 Å². The maximum Gasteiger partial charge on any atom is 0.189 e. The summed E-state index contributed by atoms with van der Waals surface area (Å²) in [5.41, 5.74) is 9.79. The third-order valence-electron chi connectivity index (χ3n) is 5.01. The molecule has 0 spiro atoms. The van der Waals surface area contributed by atoms with Crippen LogP contribution in [0.1, 0.15) is 44.6 Å². The third kappa shape index (κ3) is 1.73. The Morgan fingerprint density at radius 1 is 0.762 bits per heavy atom. The average molecular weight is 274 g/mol. The molecule has 104 valence electrons. The standard InChI is InChI=1S/C20H18O/c1-12-5-3-7-15-14(12)9-10-16(15)19-11-18-13(2)6-4-8-17(18)20(19)21/h3-8H,9-11H2,1-2H3/b19-16+. The molecule has 0 saturated carbocycles. The van der Waals surface area contributed by atoms with Gasteiger partial charge in [0.15, 0.2) is 5.78 Å². The van der Waals surface area contributed by atoms with Gasteiger partial charge in [-0.1, -0.05) is 36.4 Å². The molecule has 0 aliphatic heterocycles. The fourth-order valence-corrected chi connectivity index (χ4v) is 3.83. The zero-order chi connectivity index (χ0) is 14.6. The number of ketones is 1. The van der Waals surface area contributed by atoms with Gasteiger partial charge in [0.05, 0.1) is 0 Å². The molecule has 0 fully saturated rings. The minimum atomic E-state index is 0.248. The molecule has 0 amide bonds. The molecule has 2 aromatic rings. The van der Waals surface area contributed by atoms with Crippen molar-refractivity contribution in [2.75, 3.05) is 0 Å². The lowest BCUT2D eigenvalue weighted by molar-refractivity contribution is 0.104. The highest BCUT2D eigenvalue weighted by atomic mass is 16.1. The molecule has 0 radical (unpaired) electrons. The smallest absolute Gasteiger partial charge is 0.189 e. The molecule has 0 atom stereocenters. The van der Waals surface area contributed by atoms with Gasteiger partial charge in [0, 0.05) is 17.6 Å². The first-order chi connectivity index (χ1) is 10.2. The number of carbonyl (C=O) groups excluding carboxylic acids is 1. The van der Waals surface area contributed by atoms with Crippen LogP contribution in [0, 0.1) is 13.8 Å². The van der Waals surface area contributed by atoms with Crippen LogP contribution in [0.2, 0.25) is 0 Å². The molecule has 1 heteroatoms. The summed E-state index contributed by atoms with van der Waals surface area (Å²) in [4.78, 5) is 12.8. The van der Waals surface area contributed by atoms with Gasteiger partial charge in [-0.3, -0.25) is 4.79 Å². The van der Waals surface area contributed by atoms with E-state index in [0.717, 1.165) is 30.4 Å². The maximum absolute atomic E-state index is 12.8. The summed E-state index contributed by atoms with van der Waals surface area (Å²) in [6.07, 6.45) is 2.89. The van der Waals surface area contributed by atoms with E-state index in [1.54, 1.807) is 0 Å². The minimum absolute atomic E-state index is 0.248. The normalized spacial score (nSPS) is 19.8. The van der Waals surface area contributed by atoms with Crippen molar-refractivity contribution in [2.24, 2.45) is 0 Å². The van der Waals surface area contributed by atoms with E-state index in [-0.39, 0.29) is 5.78 Å². The Hall–Kier alpha value is -2.15. The van der Waals surface area contributed by atoms with Crippen LogP contribution in [-0.2, 0) is 12.8 Å². The summed E-state index contributed by atoms with van der Waals surface area (Å²) in [7, 11) is 0. The van der Waals surface area contributed by atoms with E-state index < -0.39 is 0 Å². The number of allylic oxidation sites excluding steroid dienone is 2. The van der Waals surface area contributed by atoms with Crippen LogP contribution in [0.3, 0.4) is 0 Å². The molecule has 4 rings (SSSR count). The molecular weight excluding hydrogens is 256 g/mol. The van der Waals surface area contributed by atoms with Gasteiger partial charge in [-0.15, -0.1) is 0 Å². The molecule has 0 bridgehead atoms. The molecule has 1 nitrogen and oxygen atoms in total. The zero-order valence-corrected chi connectivity index (χ0v) is 12.5. The number of fused-ring (bicyclic) bond motifs is 2. The Morgan fingerprint density at radius 2 is 1.43 bits per heavy atom. The highest BCUT2D eigenvalue weighted by molar-refractivity contribution is 6.17. The SMILES string of the molecule is Cc1cccc2c1C/C(=C1/CCc3c(C)cccc31)C2=O. The van der Waals surface area contributed by atoms with Gasteiger partial charge in [-0.05, 0) is 60.1 Å². The van der Waals surface area contributed by atoms with Gasteiger partial charge in [-0.2, -0.15) is 0 Å². The van der Waals surface area contributed by atoms with Crippen molar-refractivity contribution < 1.29 is 4.79 Å². The molecule has 0 N–H and O–H groups in total. The predicted molar refractivity (Wildman–Crippen MR) is 85.6 cm³/mol. The predicted octanol–water partition coefficient (Wildman–Crippen LogP) is 4.44. The Morgan fingerprint density at radius 3 is 2.14 bits per heavy atom. The van der Waals surface area contributed by atoms with Gasteiger partial charge >= 0.3 is 0 Å². The van der Waals surface area contributed by atoms with Crippen molar-refractivity contribution in [1.29, 1.82) is 0 Å². The molecule has 21 heavy (non-hydrogen) atoms. The zero-order valence-electron chi connectivity index (χ0n) is 12.5. The summed E-state index contributed by atoms with van der Waals surface area (Å²) in [6.45, 7) is 4.27. The Labute approximate surface area is 125 Å². The van der Waals surface area contributed by atoms with E-state index in [1.807, 2.05) is 12.1 Å². The second-order valence-corrected chi connectivity index (χ2v) is 6.17. The second kappa shape index (κ2) is 4.42. The van der Waals surface area contributed by atoms with Crippen LogP contribution in [0.25, 0.3) is 5.57 Å². The van der Waals surface area contributed by atoms with Gasteiger partial charge in [-0.25, -0.2) is 0 Å². The highest BCUT2D eigenvalue weighted by Crippen LogP contribution is 2.41. The molecule has 2 aliphatic carbocycles. The van der Waals surface area contributed by atoms with Crippen molar-refractivity contribution in [1.82, 2.24) is 0 Å². The fraction of sp³-hybridized carbons (Fsp3) is 0.250. The van der Waals surface area contributed by atoms with Gasteiger partial charge in [0.1, 0.15) is 0 Å². The van der Waals surface area contributed by atoms with Crippen molar-refractivity contribution in [3.63, 3.8) is 0 Å². The second-order valence-electron chi connectivity index (χ2n) is 6.17. The molecule has 0 heterocycles. The Kier molecular flexibility index (Phi) is 2.65. The van der Waals surface area contributed by atoms with Crippen LogP contribution < -0.4 is 0 Å². The summed E-state index contributed by atoms with van der Waals surface area (Å²) in [5, 5.41) is 0. The van der Waals surface area contributed by atoms with Crippen LogP contribution in [0.15, 0.2) is 42.0 Å². The summed E-state index contributed by atoms with van der Waals surface area (Å²) < 4.78 is 0. The first-order valence-electron chi connectivity index (χ1n) is 7.61. The van der Waals surface area contributed by atoms with Gasteiger partial charge in [0.2, 0.25) is 0 Å². The van der Waals surface area contributed by atoms with Crippen LogP contribution in [-0.4, -0.2) is 5.78 Å². The molecular formula is C20H18O. The van der Waals surface area contributed by atoms with E-state index in [4.69, 9.17) is 0 Å². The highest BCUT2D eigenvalue weighted by Gasteiger charge is 2.31. The Bertz CT molecular complexity index is 809. The topological polar surface area (TPSA) is 17.1 Å². The summed E-state index contributed by atoms with van der Waals surface area (Å²) in [6, 6.07) is 12.5. The number of carbonyl (C=O) groups is 1. The number of hydrogen-bond donors (Lipinski definition) is 0. The molecule has 2 aliphatic rings. The lowest BCUT2D eigenvalue weighted by Gasteiger charge is -2.06. The summed E-state index contributed by atoms with van der Waals surface area (Å²) >= 11 is 0. The lowest BCUT2D eigenvalue weighted by Crippen LogP contribution is -1.98. The number of benzene rings is 2. The number of Topliss-reactive ketones (excluding diaryl/α,β-unsaturated/α-hetero) is 1. The van der Waals surface area contributed by atoms with Crippen LogP contribution in [0.4, 0.5) is 0 Å².